The van der Waals surface area contributed by atoms with Gasteiger partial charge < -0.3 is 9.47 Å². The molecule has 0 fully saturated rings. The third-order valence-electron chi connectivity index (χ3n) is 3.23. The second-order valence-electron chi connectivity index (χ2n) is 4.52. The van der Waals surface area contributed by atoms with Gasteiger partial charge in [-0.1, -0.05) is 59.1 Å². The Morgan fingerprint density at radius 2 is 1.05 bits per heavy atom. The molecule has 114 valence electrons. The average Bonchev–Trinajstić information content (AvgIpc) is 2.47. The Labute approximate surface area is 167 Å². The first-order valence-corrected chi connectivity index (χ1v) is 7.43. The monoisotopic (exact) mass is 368 g/mol. The van der Waals surface area contributed by atoms with E-state index in [4.69, 9.17) is 44.3 Å². The fourth-order valence-corrected chi connectivity index (χ4v) is 2.92. The van der Waals surface area contributed by atoms with Crippen molar-refractivity contribution in [3.63, 3.8) is 0 Å². The molecule has 0 bridgehead atoms. The predicted octanol–water partition coefficient (Wildman–Crippen LogP) is 4.56. The van der Waals surface area contributed by atoms with Crippen LogP contribution in [0.4, 0.5) is 0 Å². The van der Waals surface area contributed by atoms with E-state index in [1.165, 1.54) is 0 Å². The van der Waals surface area contributed by atoms with E-state index in [-0.39, 0.29) is 35.5 Å². The zero-order valence-electron chi connectivity index (χ0n) is 11.6. The minimum atomic E-state index is -1.46. The summed E-state index contributed by atoms with van der Waals surface area (Å²) in [6.45, 7) is 0. The summed E-state index contributed by atoms with van der Waals surface area (Å²) in [5.41, 5.74) is 1.81. The van der Waals surface area contributed by atoms with E-state index in [0.717, 1.165) is 22.6 Å². The molecule has 0 spiro atoms. The molecule has 2 nitrogen and oxygen atoms in total. The molecule has 0 saturated heterocycles. The molecule has 6 heteroatoms. The van der Waals surface area contributed by atoms with E-state index in [1.54, 1.807) is 14.2 Å². The van der Waals surface area contributed by atoms with Crippen LogP contribution < -0.4 is 9.47 Å². The third-order valence-corrected chi connectivity index (χ3v) is 3.88. The molecule has 2 rings (SSSR count). The van der Waals surface area contributed by atoms with Crippen LogP contribution in [0.1, 0.15) is 17.0 Å². The van der Waals surface area contributed by atoms with Crippen LogP contribution in [-0.2, 0) is 0 Å². The quantitative estimate of drug-likeness (QED) is 0.581. The Kier molecular flexibility index (Phi) is 7.87. The summed E-state index contributed by atoms with van der Waals surface area (Å²) in [4.78, 5) is 0. The molecule has 0 aliphatic carbocycles. The van der Waals surface area contributed by atoms with Crippen LogP contribution in [0.15, 0.2) is 48.5 Å². The molecular weight excluding hydrogens is 354 g/mol. The van der Waals surface area contributed by atoms with Gasteiger partial charge in [-0.25, -0.2) is 0 Å². The van der Waals surface area contributed by atoms with Gasteiger partial charge >= 0.3 is 29.6 Å². The first-order chi connectivity index (χ1) is 9.95. The van der Waals surface area contributed by atoms with E-state index in [0.29, 0.717) is 0 Å². The van der Waals surface area contributed by atoms with Gasteiger partial charge in [0.1, 0.15) is 11.5 Å². The molecule has 0 radical (unpaired) electrons. The Hall–Kier alpha value is -0.0900. The van der Waals surface area contributed by atoms with Gasteiger partial charge in [-0.2, -0.15) is 0 Å². The molecule has 0 saturated carbocycles. The molecule has 0 aromatic heterocycles. The number of hydrogen-bond acceptors (Lipinski definition) is 2. The molecule has 0 N–H and O–H groups in total. The first kappa shape index (κ1) is 20.0. The van der Waals surface area contributed by atoms with Gasteiger partial charge in [-0.05, 0) is 35.4 Å². The average molecular weight is 370 g/mol. The van der Waals surface area contributed by atoms with Crippen molar-refractivity contribution >= 4 is 64.4 Å². The van der Waals surface area contributed by atoms with Crippen LogP contribution in [0.3, 0.4) is 0 Å². The molecule has 0 amide bonds. The van der Waals surface area contributed by atoms with Gasteiger partial charge in [-0.3, -0.25) is 0 Å². The predicted molar refractivity (Wildman–Crippen MR) is 95.3 cm³/mol. The van der Waals surface area contributed by atoms with E-state index in [1.807, 2.05) is 48.5 Å². The van der Waals surface area contributed by atoms with Crippen LogP contribution in [0, 0.1) is 0 Å². The maximum atomic E-state index is 6.18. The number of halogens is 3. The van der Waals surface area contributed by atoms with Crippen LogP contribution in [0.25, 0.3) is 0 Å². The topological polar surface area (TPSA) is 18.5 Å². The van der Waals surface area contributed by atoms with E-state index >= 15 is 0 Å². The standard InChI is InChI=1S/C16H15Cl3O2.Na.H/c1-20-13-7-3-11(4-8-13)15(16(17,18)19)12-5-9-14(21-2)10-6-12;;/h3-10,15H,1-2H3;;. The van der Waals surface area contributed by atoms with Crippen LogP contribution in [0.2, 0.25) is 0 Å². The number of methoxy groups -OCH3 is 2. The number of hydrogen-bond donors (Lipinski definition) is 0. The number of alkyl halides is 3. The molecule has 0 heterocycles. The Bertz CT molecular complexity index is 532. The second kappa shape index (κ2) is 8.68. The van der Waals surface area contributed by atoms with Gasteiger partial charge in [0.2, 0.25) is 3.79 Å². The Balaban J connectivity index is 0.00000242. The Morgan fingerprint density at radius 3 is 1.27 bits per heavy atom. The fraction of sp³-hybridized carbons (Fsp3) is 0.250. The minimum absolute atomic E-state index is 0. The van der Waals surface area contributed by atoms with Crippen molar-refractivity contribution in [3.05, 3.63) is 59.7 Å². The fourth-order valence-electron chi connectivity index (χ4n) is 2.16. The van der Waals surface area contributed by atoms with Crippen molar-refractivity contribution in [2.45, 2.75) is 9.71 Å². The molecule has 2 aromatic carbocycles. The van der Waals surface area contributed by atoms with Gasteiger partial charge in [0.05, 0.1) is 20.1 Å². The summed E-state index contributed by atoms with van der Waals surface area (Å²) in [7, 11) is 3.23. The van der Waals surface area contributed by atoms with Crippen LogP contribution in [0.5, 0.6) is 11.5 Å². The van der Waals surface area contributed by atoms with E-state index in [9.17, 15) is 0 Å². The molecule has 0 atom stereocenters. The summed E-state index contributed by atoms with van der Waals surface area (Å²) in [5.74, 6) is 1.15. The molecule has 0 aliphatic rings. The molecular formula is C16H16Cl3NaO2. The van der Waals surface area contributed by atoms with E-state index in [2.05, 4.69) is 0 Å². The third kappa shape index (κ3) is 4.95. The van der Waals surface area contributed by atoms with Crippen molar-refractivity contribution in [2.24, 2.45) is 0 Å². The van der Waals surface area contributed by atoms with E-state index < -0.39 is 3.79 Å². The van der Waals surface area contributed by atoms with Crippen LogP contribution in [-0.4, -0.2) is 47.6 Å². The van der Waals surface area contributed by atoms with Crippen molar-refractivity contribution in [1.29, 1.82) is 0 Å². The molecule has 22 heavy (non-hydrogen) atoms. The number of rotatable bonds is 4. The number of benzene rings is 2. The van der Waals surface area contributed by atoms with Crippen molar-refractivity contribution in [3.8, 4) is 11.5 Å². The first-order valence-electron chi connectivity index (χ1n) is 6.30. The van der Waals surface area contributed by atoms with Gasteiger partial charge in [0.25, 0.3) is 0 Å². The van der Waals surface area contributed by atoms with Crippen LogP contribution >= 0.6 is 34.8 Å². The van der Waals surface area contributed by atoms with Crippen molar-refractivity contribution < 1.29 is 9.47 Å². The molecule has 2 aromatic rings. The molecule has 0 unspecified atom stereocenters. The second-order valence-corrected chi connectivity index (χ2v) is 6.89. The molecule has 0 aliphatic heterocycles. The van der Waals surface area contributed by atoms with Gasteiger partial charge in [-0.15, -0.1) is 0 Å². The summed E-state index contributed by atoms with van der Waals surface area (Å²) >= 11 is 18.6. The SMILES string of the molecule is COc1ccc(C(c2ccc(OC)cc2)C(Cl)(Cl)Cl)cc1.[NaH]. The normalized spacial score (nSPS) is 11.0. The van der Waals surface area contributed by atoms with Crippen molar-refractivity contribution in [2.75, 3.05) is 14.2 Å². The summed E-state index contributed by atoms with van der Waals surface area (Å²) in [6.07, 6.45) is 0. The summed E-state index contributed by atoms with van der Waals surface area (Å²) < 4.78 is 8.85. The van der Waals surface area contributed by atoms with Crippen molar-refractivity contribution in [1.82, 2.24) is 0 Å². The zero-order valence-corrected chi connectivity index (χ0v) is 13.9. The van der Waals surface area contributed by atoms with Gasteiger partial charge in [0, 0.05) is 0 Å². The van der Waals surface area contributed by atoms with Gasteiger partial charge in [0.15, 0.2) is 0 Å². The zero-order chi connectivity index (χ0) is 15.5. The Morgan fingerprint density at radius 1 is 0.727 bits per heavy atom. The summed E-state index contributed by atoms with van der Waals surface area (Å²) in [5, 5.41) is 0. The number of ether oxygens (including phenoxy) is 2. The summed E-state index contributed by atoms with van der Waals surface area (Å²) in [6, 6.07) is 15.0. The maximum absolute atomic E-state index is 6.18.